The predicted octanol–water partition coefficient (Wildman–Crippen LogP) is 21.9. The van der Waals surface area contributed by atoms with Gasteiger partial charge in [-0.3, -0.25) is 0 Å². The van der Waals surface area contributed by atoms with Crippen LogP contribution in [-0.2, 0) is 10.8 Å². The number of aromatic nitrogens is 2. The van der Waals surface area contributed by atoms with Gasteiger partial charge >= 0.3 is 0 Å². The molecule has 0 radical (unpaired) electrons. The monoisotopic (exact) mass is 1140 g/mol. The Labute approximate surface area is 506 Å². The molecule has 0 bridgehead atoms. The molecule has 0 unspecified atom stereocenters. The van der Waals surface area contributed by atoms with Crippen molar-refractivity contribution >= 4 is 78.2 Å². The van der Waals surface area contributed by atoms with Gasteiger partial charge in [0.15, 0.2) is 0 Å². The Morgan fingerprint density at radius 2 is 0.576 bits per heavy atom. The summed E-state index contributed by atoms with van der Waals surface area (Å²) in [6.45, 7) is 0. The van der Waals surface area contributed by atoms with Gasteiger partial charge < -0.3 is 0 Å². The van der Waals surface area contributed by atoms with E-state index in [0.29, 0.717) is 10.0 Å². The van der Waals surface area contributed by atoms with Crippen LogP contribution in [0.1, 0.15) is 44.5 Å². The highest BCUT2D eigenvalue weighted by Gasteiger charge is 2.49. The van der Waals surface area contributed by atoms with Crippen molar-refractivity contribution in [2.45, 2.75) is 10.8 Å². The Morgan fingerprint density at radius 3 is 0.953 bits per heavy atom. The maximum atomic E-state index is 6.51. The van der Waals surface area contributed by atoms with Gasteiger partial charge in [-0.25, -0.2) is 9.97 Å². The first-order chi connectivity index (χ1) is 42.0. The Balaban J connectivity index is 1.03. The molecule has 2 aromatic heterocycles. The van der Waals surface area contributed by atoms with Gasteiger partial charge in [-0.05, 0) is 136 Å². The molecular formula is C80H48Cl2N2S. The molecule has 0 atom stereocenters. The average molecular weight is 1140 g/mol. The van der Waals surface area contributed by atoms with Crippen molar-refractivity contribution in [2.24, 2.45) is 0 Å². The molecule has 17 rings (SSSR count). The van der Waals surface area contributed by atoms with E-state index in [-0.39, 0.29) is 0 Å². The molecule has 85 heavy (non-hydrogen) atoms. The van der Waals surface area contributed by atoms with Crippen molar-refractivity contribution in [3.8, 4) is 65.4 Å². The first-order valence-electron chi connectivity index (χ1n) is 28.8. The molecule has 5 heteroatoms. The van der Waals surface area contributed by atoms with E-state index in [9.17, 15) is 0 Å². The Bertz CT molecular complexity index is 4770. The van der Waals surface area contributed by atoms with Crippen LogP contribution in [0.5, 0.6) is 0 Å². The van der Waals surface area contributed by atoms with E-state index < -0.39 is 10.8 Å². The second kappa shape index (κ2) is 19.4. The highest BCUT2D eigenvalue weighted by molar-refractivity contribution is 7.21. The fraction of sp³-hybridized carbons (Fsp3) is 0.0250. The minimum atomic E-state index is -0.601. The molecule has 0 aliphatic heterocycles. The number of hydrogen-bond acceptors (Lipinski definition) is 3. The molecule has 2 aliphatic carbocycles. The lowest BCUT2D eigenvalue weighted by molar-refractivity contribution is 0.768. The van der Waals surface area contributed by atoms with Crippen LogP contribution >= 0.6 is 34.5 Å². The summed E-state index contributed by atoms with van der Waals surface area (Å²) < 4.78 is 0. The third-order valence-corrected chi connectivity index (χ3v) is 19.9. The van der Waals surface area contributed by atoms with Gasteiger partial charge in [-0.15, -0.1) is 11.3 Å². The van der Waals surface area contributed by atoms with Crippen LogP contribution in [0.15, 0.2) is 291 Å². The molecule has 0 saturated heterocycles. The van der Waals surface area contributed by atoms with Gasteiger partial charge in [0.25, 0.3) is 0 Å². The van der Waals surface area contributed by atoms with Crippen LogP contribution in [0.4, 0.5) is 0 Å². The number of nitrogens with zero attached hydrogens (tertiary/aromatic N) is 2. The van der Waals surface area contributed by atoms with Crippen molar-refractivity contribution in [1.82, 2.24) is 9.97 Å². The Kier molecular flexibility index (Phi) is 11.4. The highest BCUT2D eigenvalue weighted by Crippen LogP contribution is 2.62. The van der Waals surface area contributed by atoms with E-state index in [4.69, 9.17) is 33.2 Å². The van der Waals surface area contributed by atoms with Crippen LogP contribution in [0.25, 0.3) is 109 Å². The molecule has 0 fully saturated rings. The van der Waals surface area contributed by atoms with Gasteiger partial charge in [0.05, 0.1) is 31.6 Å². The summed E-state index contributed by atoms with van der Waals surface area (Å²) in [6.07, 6.45) is 0. The summed E-state index contributed by atoms with van der Waals surface area (Å²) in [4.78, 5) is 14.4. The molecule has 13 aromatic carbocycles. The van der Waals surface area contributed by atoms with Crippen molar-refractivity contribution in [3.05, 3.63) is 346 Å². The lowest BCUT2D eigenvalue weighted by atomic mass is 9.67. The molecule has 2 aliphatic rings. The molecule has 0 amide bonds. The second-order valence-electron chi connectivity index (χ2n) is 22.4. The lowest BCUT2D eigenvalue weighted by Gasteiger charge is -2.34. The fourth-order valence-corrected chi connectivity index (χ4v) is 16.1. The van der Waals surface area contributed by atoms with E-state index in [1.165, 1.54) is 66.8 Å². The smallest absolute Gasteiger partial charge is 0.109 e. The maximum Gasteiger partial charge on any atom is 0.109 e. The summed E-state index contributed by atoms with van der Waals surface area (Å²) in [5, 5.41) is 5.67. The quantitative estimate of drug-likeness (QED) is 0.142. The molecule has 0 saturated carbocycles. The molecule has 2 heterocycles. The Hall–Kier alpha value is -9.74. The molecule has 2 nitrogen and oxygen atoms in total. The minimum Gasteiger partial charge on any atom is -0.242 e. The third kappa shape index (κ3) is 7.31. The van der Waals surface area contributed by atoms with E-state index in [1.807, 2.05) is 35.6 Å². The highest BCUT2D eigenvalue weighted by atomic mass is 35.5. The van der Waals surface area contributed by atoms with Crippen LogP contribution < -0.4 is 0 Å². The molecule has 398 valence electrons. The van der Waals surface area contributed by atoms with E-state index in [2.05, 4.69) is 267 Å². The van der Waals surface area contributed by atoms with Gasteiger partial charge in [-0.2, -0.15) is 0 Å². The van der Waals surface area contributed by atoms with Crippen LogP contribution in [0, 0.1) is 0 Å². The zero-order valence-corrected chi connectivity index (χ0v) is 48.1. The lowest BCUT2D eigenvalue weighted by Crippen LogP contribution is -2.28. The first kappa shape index (κ1) is 49.8. The maximum absolute atomic E-state index is 6.51. The number of hydrogen-bond donors (Lipinski definition) is 0. The third-order valence-electron chi connectivity index (χ3n) is 18.2. The summed E-state index contributed by atoms with van der Waals surface area (Å²) in [5.74, 6) is 0. The molecular weight excluding hydrogens is 1090 g/mol. The van der Waals surface area contributed by atoms with Crippen molar-refractivity contribution < 1.29 is 0 Å². The van der Waals surface area contributed by atoms with Gasteiger partial charge in [-0.1, -0.05) is 278 Å². The zero-order valence-electron chi connectivity index (χ0n) is 45.8. The summed E-state index contributed by atoms with van der Waals surface area (Å²) in [5.41, 5.74) is 23.5. The van der Waals surface area contributed by atoms with Crippen molar-refractivity contribution in [1.29, 1.82) is 0 Å². The second-order valence-corrected chi connectivity index (χ2v) is 24.3. The van der Waals surface area contributed by atoms with Crippen LogP contribution in [-0.4, -0.2) is 9.97 Å². The number of benzene rings is 13. The van der Waals surface area contributed by atoms with Crippen LogP contribution in [0.3, 0.4) is 0 Å². The van der Waals surface area contributed by atoms with Gasteiger partial charge in [0, 0.05) is 31.9 Å². The average Bonchev–Trinajstić information content (AvgIpc) is 1.62. The SMILES string of the molecule is Clc1ccc(-c2ccc3c4ccc(-c5ccc(Cl)cc5)cc4c4nc5c(-c6cccc7c6-c6ccccc6C7(c6ccccc6)c6ccccc6)sc(-c6cccc7c6-c6ccccc6C7(c6ccccc6)c6ccccc6)c5nc4c3c2)cc1. The standard InChI is InChI=1S/C80H48Cl2N2S/c81-57-41-35-49(36-42-57)51-39-45-59-60-46-40-52(50-37-43-58(82)44-38-50)48-66(60)74-73(65(59)47-51)83-75-76(84-74)78(64-30-18-34-70-72(64)62-28-14-16-32-68(62)80(70,55-23-9-3-10-24-55)56-25-11-4-12-26-56)85-77(75)63-29-17-33-69-71(63)61-27-13-15-31-67(61)79(69,53-19-5-1-6-20-53)54-21-7-2-8-22-54/h1-48H. The zero-order chi connectivity index (χ0) is 56.4. The minimum absolute atomic E-state index is 0.601. The van der Waals surface area contributed by atoms with Gasteiger partial charge in [0.2, 0.25) is 0 Å². The van der Waals surface area contributed by atoms with E-state index in [1.54, 1.807) is 0 Å². The first-order valence-corrected chi connectivity index (χ1v) is 30.4. The summed E-state index contributed by atoms with van der Waals surface area (Å²) >= 11 is 14.8. The molecule has 15 aromatic rings. The van der Waals surface area contributed by atoms with E-state index in [0.717, 1.165) is 86.7 Å². The summed E-state index contributed by atoms with van der Waals surface area (Å²) in [6, 6.07) is 106. The summed E-state index contributed by atoms with van der Waals surface area (Å²) in [7, 11) is 0. The topological polar surface area (TPSA) is 25.8 Å². The molecule has 0 N–H and O–H groups in total. The fourth-order valence-electron chi connectivity index (χ4n) is 14.7. The Morgan fingerprint density at radius 1 is 0.259 bits per heavy atom. The van der Waals surface area contributed by atoms with Crippen LogP contribution in [0.2, 0.25) is 10.0 Å². The van der Waals surface area contributed by atoms with E-state index >= 15 is 0 Å². The van der Waals surface area contributed by atoms with Crippen molar-refractivity contribution in [2.75, 3.05) is 0 Å². The normalized spacial score (nSPS) is 13.5. The number of thiophene rings is 1. The number of halogens is 2. The largest absolute Gasteiger partial charge is 0.242 e. The molecule has 0 spiro atoms. The number of fused-ring (bicyclic) bond motifs is 13. The predicted molar refractivity (Wildman–Crippen MR) is 356 cm³/mol. The van der Waals surface area contributed by atoms with Crippen molar-refractivity contribution in [3.63, 3.8) is 0 Å². The number of rotatable bonds is 8. The van der Waals surface area contributed by atoms with Gasteiger partial charge in [0.1, 0.15) is 11.0 Å².